The average Bonchev–Trinajstić information content (AvgIpc) is 2.93. The van der Waals surface area contributed by atoms with Gasteiger partial charge < -0.3 is 5.32 Å². The van der Waals surface area contributed by atoms with Gasteiger partial charge in [-0.25, -0.2) is 13.1 Å². The zero-order valence-electron chi connectivity index (χ0n) is 12.1. The molecule has 122 valence electrons. The van der Waals surface area contributed by atoms with Crippen LogP contribution in [0.3, 0.4) is 0 Å². The lowest BCUT2D eigenvalue weighted by molar-refractivity contribution is -0.385. The molecule has 2 rings (SSSR count). The Bertz CT molecular complexity index is 672. The van der Waals surface area contributed by atoms with Crippen LogP contribution in [0.4, 0.5) is 5.69 Å². The highest BCUT2D eigenvalue weighted by atomic mass is 35.5. The maximum Gasteiger partial charge on any atom is 0.289 e. The van der Waals surface area contributed by atoms with E-state index in [1.807, 2.05) is 0 Å². The Hall–Kier alpha value is -1.22. The quantitative estimate of drug-likeness (QED) is 0.604. The van der Waals surface area contributed by atoms with Crippen molar-refractivity contribution in [2.24, 2.45) is 5.92 Å². The van der Waals surface area contributed by atoms with Crippen LogP contribution in [-0.4, -0.2) is 33.0 Å². The van der Waals surface area contributed by atoms with Crippen molar-refractivity contribution in [1.29, 1.82) is 0 Å². The molecule has 1 saturated heterocycles. The van der Waals surface area contributed by atoms with Gasteiger partial charge in [0.2, 0.25) is 10.0 Å². The maximum atomic E-state index is 12.3. The Morgan fingerprint density at radius 3 is 2.82 bits per heavy atom. The fraction of sp³-hybridized carbons (Fsp3) is 0.538. The molecule has 0 radical (unpaired) electrons. The molecule has 22 heavy (non-hydrogen) atoms. The summed E-state index contributed by atoms with van der Waals surface area (Å²) >= 11 is 5.90. The Morgan fingerprint density at radius 2 is 2.23 bits per heavy atom. The molecule has 0 saturated carbocycles. The second-order valence-electron chi connectivity index (χ2n) is 5.40. The summed E-state index contributed by atoms with van der Waals surface area (Å²) in [6, 6.07) is 2.60. The van der Waals surface area contributed by atoms with E-state index in [2.05, 4.69) is 10.0 Å². The molecule has 0 aliphatic carbocycles. The lowest BCUT2D eigenvalue weighted by Gasteiger charge is -2.11. The molecule has 1 atom stereocenters. The molecule has 1 fully saturated rings. The van der Waals surface area contributed by atoms with E-state index in [-0.39, 0.29) is 16.5 Å². The first-order chi connectivity index (χ1) is 10.3. The van der Waals surface area contributed by atoms with Gasteiger partial charge in [-0.15, -0.1) is 0 Å². The molecule has 2 N–H and O–H groups in total. The molecule has 1 aliphatic heterocycles. The summed E-state index contributed by atoms with van der Waals surface area (Å²) in [4.78, 5) is 10.0. The van der Waals surface area contributed by atoms with Gasteiger partial charge in [0.25, 0.3) is 5.69 Å². The Kier molecular flexibility index (Phi) is 5.38. The predicted molar refractivity (Wildman–Crippen MR) is 83.6 cm³/mol. The van der Waals surface area contributed by atoms with Crippen molar-refractivity contribution in [2.75, 3.05) is 19.6 Å². The third kappa shape index (κ3) is 3.95. The summed E-state index contributed by atoms with van der Waals surface area (Å²) in [6.07, 6.45) is 1.75. The fourth-order valence-electron chi connectivity index (χ4n) is 2.48. The first-order valence-electron chi connectivity index (χ1n) is 6.96. The van der Waals surface area contributed by atoms with Crippen LogP contribution in [0.25, 0.3) is 0 Å². The number of halogens is 1. The molecular formula is C13H18ClN3O4S. The zero-order valence-corrected chi connectivity index (χ0v) is 13.7. The van der Waals surface area contributed by atoms with Crippen LogP contribution in [0.2, 0.25) is 5.02 Å². The van der Waals surface area contributed by atoms with Gasteiger partial charge in [0.05, 0.1) is 4.92 Å². The number of benzene rings is 1. The monoisotopic (exact) mass is 347 g/mol. The summed E-state index contributed by atoms with van der Waals surface area (Å²) in [5.74, 6) is 0.449. The van der Waals surface area contributed by atoms with Gasteiger partial charge in [0.15, 0.2) is 0 Å². The first kappa shape index (κ1) is 17.1. The van der Waals surface area contributed by atoms with Crippen molar-refractivity contribution in [1.82, 2.24) is 10.0 Å². The molecule has 0 aromatic heterocycles. The van der Waals surface area contributed by atoms with E-state index in [0.717, 1.165) is 25.9 Å². The van der Waals surface area contributed by atoms with Crippen molar-refractivity contribution in [3.05, 3.63) is 32.8 Å². The number of sulfonamides is 1. The van der Waals surface area contributed by atoms with Crippen LogP contribution in [0.1, 0.15) is 18.4 Å². The highest BCUT2D eigenvalue weighted by Crippen LogP contribution is 2.32. The highest BCUT2D eigenvalue weighted by Gasteiger charge is 2.26. The van der Waals surface area contributed by atoms with Crippen LogP contribution in [0.5, 0.6) is 0 Å². The summed E-state index contributed by atoms with van der Waals surface area (Å²) < 4.78 is 27.1. The van der Waals surface area contributed by atoms with Crippen LogP contribution in [0, 0.1) is 23.0 Å². The topological polar surface area (TPSA) is 101 Å². The smallest absolute Gasteiger partial charge is 0.289 e. The Balaban J connectivity index is 2.16. The van der Waals surface area contributed by atoms with E-state index in [4.69, 9.17) is 11.6 Å². The van der Waals surface area contributed by atoms with Crippen molar-refractivity contribution < 1.29 is 13.3 Å². The second-order valence-corrected chi connectivity index (χ2v) is 7.51. The lowest BCUT2D eigenvalue weighted by atomic mass is 10.1. The number of nitro groups is 1. The van der Waals surface area contributed by atoms with Gasteiger partial charge in [0.1, 0.15) is 9.92 Å². The molecule has 1 aliphatic rings. The Labute approximate surface area is 134 Å². The van der Waals surface area contributed by atoms with Crippen LogP contribution in [0.15, 0.2) is 17.0 Å². The third-order valence-electron chi connectivity index (χ3n) is 3.66. The largest absolute Gasteiger partial charge is 0.316 e. The molecule has 0 spiro atoms. The van der Waals surface area contributed by atoms with Crippen molar-refractivity contribution in [3.63, 3.8) is 0 Å². The van der Waals surface area contributed by atoms with Crippen molar-refractivity contribution >= 4 is 27.3 Å². The highest BCUT2D eigenvalue weighted by molar-refractivity contribution is 7.89. The molecule has 0 amide bonds. The molecule has 1 aromatic rings. The minimum atomic E-state index is -3.87. The lowest BCUT2D eigenvalue weighted by Crippen LogP contribution is -2.27. The maximum absolute atomic E-state index is 12.3. The number of hydrogen-bond acceptors (Lipinski definition) is 5. The molecule has 1 aromatic carbocycles. The minimum Gasteiger partial charge on any atom is -0.316 e. The third-order valence-corrected chi connectivity index (χ3v) is 5.65. The predicted octanol–water partition coefficient (Wildman–Crippen LogP) is 1.83. The summed E-state index contributed by atoms with van der Waals surface area (Å²) in [7, 11) is -3.87. The van der Waals surface area contributed by atoms with E-state index in [9.17, 15) is 18.5 Å². The summed E-state index contributed by atoms with van der Waals surface area (Å²) in [5.41, 5.74) is 0.0681. The molecule has 9 heteroatoms. The van der Waals surface area contributed by atoms with Crippen LogP contribution >= 0.6 is 11.6 Å². The first-order valence-corrected chi connectivity index (χ1v) is 8.82. The number of nitrogens with one attached hydrogen (secondary N) is 2. The molecule has 0 bridgehead atoms. The van der Waals surface area contributed by atoms with E-state index in [1.54, 1.807) is 6.92 Å². The molecule has 7 nitrogen and oxygen atoms in total. The molecule has 1 unspecified atom stereocenters. The second kappa shape index (κ2) is 6.91. The van der Waals surface area contributed by atoms with Crippen molar-refractivity contribution in [3.8, 4) is 0 Å². The molecule has 1 heterocycles. The molecular weight excluding hydrogens is 330 g/mol. The van der Waals surface area contributed by atoms with Crippen molar-refractivity contribution in [2.45, 2.75) is 24.7 Å². The van der Waals surface area contributed by atoms with Crippen LogP contribution < -0.4 is 10.0 Å². The number of aryl methyl sites for hydroxylation is 1. The normalized spacial score (nSPS) is 18.5. The Morgan fingerprint density at radius 1 is 1.50 bits per heavy atom. The summed E-state index contributed by atoms with van der Waals surface area (Å²) in [6.45, 7) is 3.71. The van der Waals surface area contributed by atoms with Gasteiger partial charge in [-0.05, 0) is 50.4 Å². The SMILES string of the molecule is Cc1cc([N+](=O)[O-])c(Cl)c(S(=O)(=O)NCCC2CCNC2)c1. The fourth-order valence-corrected chi connectivity index (χ4v) is 4.19. The van der Waals surface area contributed by atoms with E-state index >= 15 is 0 Å². The minimum absolute atomic E-state index is 0.245. The summed E-state index contributed by atoms with van der Waals surface area (Å²) in [5, 5.41) is 13.8. The van der Waals surface area contributed by atoms with E-state index < -0.39 is 20.6 Å². The van der Waals surface area contributed by atoms with Gasteiger partial charge in [-0.3, -0.25) is 10.1 Å². The van der Waals surface area contributed by atoms with E-state index in [0.29, 0.717) is 11.5 Å². The zero-order chi connectivity index (χ0) is 16.3. The van der Waals surface area contributed by atoms with Gasteiger partial charge in [-0.1, -0.05) is 11.6 Å². The van der Waals surface area contributed by atoms with Gasteiger partial charge in [0, 0.05) is 12.6 Å². The number of rotatable bonds is 6. The van der Waals surface area contributed by atoms with Gasteiger partial charge >= 0.3 is 0 Å². The average molecular weight is 348 g/mol. The van der Waals surface area contributed by atoms with Crippen LogP contribution in [-0.2, 0) is 10.0 Å². The standard InChI is InChI=1S/C13H18ClN3O4S/c1-9-6-11(17(18)19)13(14)12(7-9)22(20,21)16-5-3-10-2-4-15-8-10/h6-7,10,15-16H,2-5,8H2,1H3. The van der Waals surface area contributed by atoms with Gasteiger partial charge in [-0.2, -0.15) is 0 Å². The number of nitro benzene ring substituents is 1. The van der Waals surface area contributed by atoms with E-state index in [1.165, 1.54) is 12.1 Å². The number of hydrogen-bond donors (Lipinski definition) is 2. The number of nitrogens with zero attached hydrogens (tertiary/aromatic N) is 1.